The van der Waals surface area contributed by atoms with Gasteiger partial charge in [-0.15, -0.1) is 11.3 Å². The number of imide groups is 1. The zero-order chi connectivity index (χ0) is 21.8. The van der Waals surface area contributed by atoms with Gasteiger partial charge in [-0.25, -0.2) is 9.78 Å². The maximum atomic E-state index is 13.1. The molecular formula is C23H26N4O3S. The lowest BCUT2D eigenvalue weighted by Gasteiger charge is -2.33. The van der Waals surface area contributed by atoms with Crippen molar-refractivity contribution in [1.82, 2.24) is 15.2 Å². The summed E-state index contributed by atoms with van der Waals surface area (Å²) >= 11 is 1.61. The number of urea groups is 1. The van der Waals surface area contributed by atoms with Gasteiger partial charge in [0.05, 0.1) is 10.7 Å². The highest BCUT2D eigenvalue weighted by molar-refractivity contribution is 7.09. The maximum Gasteiger partial charge on any atom is 0.325 e. The molecule has 1 aliphatic carbocycles. The van der Waals surface area contributed by atoms with Gasteiger partial charge in [-0.2, -0.15) is 0 Å². The number of carbonyl (C=O) groups is 3. The summed E-state index contributed by atoms with van der Waals surface area (Å²) in [6.07, 6.45) is 3.87. The molecular weight excluding hydrogens is 412 g/mol. The number of fused-ring (bicyclic) bond motifs is 1. The lowest BCUT2D eigenvalue weighted by atomic mass is 9.77. The molecule has 2 fully saturated rings. The Morgan fingerprint density at radius 3 is 2.77 bits per heavy atom. The number of thiazole rings is 1. The summed E-state index contributed by atoms with van der Waals surface area (Å²) in [4.78, 5) is 46.0. The van der Waals surface area contributed by atoms with Gasteiger partial charge in [0.15, 0.2) is 0 Å². The Labute approximate surface area is 185 Å². The first-order valence-corrected chi connectivity index (χ1v) is 11.7. The van der Waals surface area contributed by atoms with Crippen molar-refractivity contribution in [3.63, 3.8) is 0 Å². The fourth-order valence-electron chi connectivity index (χ4n) is 4.95. The monoisotopic (exact) mass is 438 g/mol. The minimum atomic E-state index is -0.812. The third-order valence-electron chi connectivity index (χ3n) is 6.86. The quantitative estimate of drug-likeness (QED) is 0.744. The molecule has 1 spiro atoms. The lowest BCUT2D eigenvalue weighted by Crippen LogP contribution is -2.50. The van der Waals surface area contributed by atoms with Crippen LogP contribution < -0.4 is 10.2 Å². The molecule has 1 saturated heterocycles. The Bertz CT molecular complexity index is 1070. The van der Waals surface area contributed by atoms with Crippen molar-refractivity contribution < 1.29 is 14.4 Å². The number of hydrogen-bond acceptors (Lipinski definition) is 5. The van der Waals surface area contributed by atoms with E-state index < -0.39 is 11.6 Å². The number of anilines is 1. The van der Waals surface area contributed by atoms with Crippen molar-refractivity contribution in [2.24, 2.45) is 5.92 Å². The van der Waals surface area contributed by atoms with Crippen LogP contribution in [-0.2, 0) is 16.0 Å². The summed E-state index contributed by atoms with van der Waals surface area (Å²) in [5.41, 5.74) is 3.12. The van der Waals surface area contributed by atoms with Gasteiger partial charge < -0.3 is 10.2 Å². The number of rotatable bonds is 3. The van der Waals surface area contributed by atoms with Crippen LogP contribution in [0.5, 0.6) is 0 Å². The Morgan fingerprint density at radius 1 is 1.29 bits per heavy atom. The average molecular weight is 439 g/mol. The Balaban J connectivity index is 1.31. The van der Waals surface area contributed by atoms with E-state index >= 15 is 0 Å². The first kappa shape index (κ1) is 20.2. The number of aromatic nitrogens is 1. The topological polar surface area (TPSA) is 82.6 Å². The third kappa shape index (κ3) is 3.43. The highest BCUT2D eigenvalue weighted by atomic mass is 32.1. The van der Waals surface area contributed by atoms with Crippen LogP contribution >= 0.6 is 11.3 Å². The lowest BCUT2D eigenvalue weighted by molar-refractivity contribution is -0.135. The molecule has 4 amide bonds. The van der Waals surface area contributed by atoms with Crippen LogP contribution in [0, 0.1) is 12.8 Å². The predicted octanol–water partition coefficient (Wildman–Crippen LogP) is 3.51. The van der Waals surface area contributed by atoms with Crippen LogP contribution in [0.2, 0.25) is 0 Å². The zero-order valence-corrected chi connectivity index (χ0v) is 18.6. The highest BCUT2D eigenvalue weighted by Crippen LogP contribution is 2.37. The molecule has 1 saturated carbocycles. The Morgan fingerprint density at radius 2 is 2.06 bits per heavy atom. The largest absolute Gasteiger partial charge is 0.325 e. The normalized spacial score (nSPS) is 25.3. The van der Waals surface area contributed by atoms with Crippen LogP contribution in [0.4, 0.5) is 10.5 Å². The average Bonchev–Trinajstić information content (AvgIpc) is 3.43. The standard InChI is InChI=1S/C23H26N4O3S/c1-14-5-8-23(9-6-14)21(29)27(22(30)25-23)12-20(28)26-10-7-17-11-16(3-4-19(17)26)18-13-31-15(2)24-18/h3-4,11,13-14H,5-10,12H2,1-2H3,(H,25,30). The van der Waals surface area contributed by atoms with Gasteiger partial charge in [-0.1, -0.05) is 13.0 Å². The molecule has 1 aromatic heterocycles. The number of amides is 4. The molecule has 1 aromatic carbocycles. The number of carbonyl (C=O) groups excluding carboxylic acids is 3. The van der Waals surface area contributed by atoms with Gasteiger partial charge >= 0.3 is 6.03 Å². The van der Waals surface area contributed by atoms with Crippen molar-refractivity contribution in [1.29, 1.82) is 0 Å². The van der Waals surface area contributed by atoms with E-state index in [0.717, 1.165) is 51.7 Å². The smallest absolute Gasteiger partial charge is 0.323 e. The molecule has 7 nitrogen and oxygen atoms in total. The first-order valence-electron chi connectivity index (χ1n) is 10.9. The number of benzene rings is 1. The number of aryl methyl sites for hydroxylation is 1. The van der Waals surface area contributed by atoms with E-state index in [9.17, 15) is 14.4 Å². The van der Waals surface area contributed by atoms with Crippen LogP contribution in [0.15, 0.2) is 23.6 Å². The van der Waals surface area contributed by atoms with E-state index in [-0.39, 0.29) is 18.4 Å². The molecule has 2 aromatic rings. The van der Waals surface area contributed by atoms with E-state index in [1.807, 2.05) is 24.4 Å². The van der Waals surface area contributed by atoms with Crippen LogP contribution in [0.3, 0.4) is 0 Å². The van der Waals surface area contributed by atoms with Crippen molar-refractivity contribution in [3.8, 4) is 11.3 Å². The Hall–Kier alpha value is -2.74. The number of nitrogens with zero attached hydrogens (tertiary/aromatic N) is 3. The predicted molar refractivity (Wildman–Crippen MR) is 119 cm³/mol. The highest BCUT2D eigenvalue weighted by Gasteiger charge is 2.52. The van der Waals surface area contributed by atoms with Gasteiger partial charge in [0, 0.05) is 23.2 Å². The summed E-state index contributed by atoms with van der Waals surface area (Å²) in [5.74, 6) is 0.0948. The second kappa shape index (κ2) is 7.44. The van der Waals surface area contributed by atoms with Crippen molar-refractivity contribution in [3.05, 3.63) is 34.2 Å². The second-order valence-corrected chi connectivity index (χ2v) is 10.0. The van der Waals surface area contributed by atoms with Gasteiger partial charge in [0.25, 0.3) is 5.91 Å². The molecule has 3 aliphatic rings. The molecule has 0 unspecified atom stereocenters. The van der Waals surface area contributed by atoms with Crippen molar-refractivity contribution in [2.75, 3.05) is 18.0 Å². The first-order chi connectivity index (χ1) is 14.9. The molecule has 162 valence electrons. The van der Waals surface area contributed by atoms with Crippen LogP contribution in [0.25, 0.3) is 11.3 Å². The van der Waals surface area contributed by atoms with E-state index in [1.54, 1.807) is 16.2 Å². The van der Waals surface area contributed by atoms with Crippen LogP contribution in [0.1, 0.15) is 43.2 Å². The number of nitrogens with one attached hydrogen (secondary N) is 1. The molecule has 0 radical (unpaired) electrons. The number of hydrogen-bond donors (Lipinski definition) is 1. The summed E-state index contributed by atoms with van der Waals surface area (Å²) in [6.45, 7) is 4.49. The van der Waals surface area contributed by atoms with Crippen molar-refractivity contribution >= 4 is 34.9 Å². The van der Waals surface area contributed by atoms with E-state index in [1.165, 1.54) is 0 Å². The molecule has 5 rings (SSSR count). The van der Waals surface area contributed by atoms with E-state index in [0.29, 0.717) is 25.3 Å². The molecule has 1 N–H and O–H groups in total. The molecule has 0 bridgehead atoms. The second-order valence-electron chi connectivity index (χ2n) is 8.98. The molecule has 3 heterocycles. The fraction of sp³-hybridized carbons (Fsp3) is 0.478. The zero-order valence-electron chi connectivity index (χ0n) is 17.8. The Kier molecular flexibility index (Phi) is 4.84. The molecule has 31 heavy (non-hydrogen) atoms. The fourth-order valence-corrected chi connectivity index (χ4v) is 5.57. The summed E-state index contributed by atoms with van der Waals surface area (Å²) < 4.78 is 0. The molecule has 8 heteroatoms. The SMILES string of the molecule is Cc1nc(-c2ccc3c(c2)CCN3C(=O)CN2C(=O)NC3(CCC(C)CC3)C2=O)cs1. The summed E-state index contributed by atoms with van der Waals surface area (Å²) in [6, 6.07) is 5.56. The minimum Gasteiger partial charge on any atom is -0.323 e. The third-order valence-corrected chi connectivity index (χ3v) is 7.63. The summed E-state index contributed by atoms with van der Waals surface area (Å²) in [5, 5.41) is 5.95. The van der Waals surface area contributed by atoms with E-state index in [4.69, 9.17) is 0 Å². The van der Waals surface area contributed by atoms with Crippen molar-refractivity contribution in [2.45, 2.75) is 51.5 Å². The van der Waals surface area contributed by atoms with Gasteiger partial charge in [0.1, 0.15) is 12.1 Å². The minimum absolute atomic E-state index is 0.214. The van der Waals surface area contributed by atoms with E-state index in [2.05, 4.69) is 23.3 Å². The molecule has 2 aliphatic heterocycles. The maximum absolute atomic E-state index is 13.1. The van der Waals surface area contributed by atoms with Gasteiger partial charge in [-0.05, 0) is 62.6 Å². The van der Waals surface area contributed by atoms with Gasteiger partial charge in [0.2, 0.25) is 5.91 Å². The molecule has 0 atom stereocenters. The van der Waals surface area contributed by atoms with Crippen LogP contribution in [-0.4, -0.2) is 46.4 Å². The van der Waals surface area contributed by atoms with Gasteiger partial charge in [-0.3, -0.25) is 14.5 Å². The summed E-state index contributed by atoms with van der Waals surface area (Å²) in [7, 11) is 0.